The molecule has 0 unspecified atom stereocenters. The Labute approximate surface area is 116 Å². The predicted octanol–water partition coefficient (Wildman–Crippen LogP) is 1.30. The molecule has 6 heteroatoms. The summed E-state index contributed by atoms with van der Waals surface area (Å²) in [5, 5.41) is 10.4. The quantitative estimate of drug-likeness (QED) is 0.812. The van der Waals surface area contributed by atoms with Crippen molar-refractivity contribution in [2.75, 3.05) is 7.05 Å². The van der Waals surface area contributed by atoms with Crippen LogP contribution in [-0.2, 0) is 16.1 Å². The first-order valence-electron chi connectivity index (χ1n) is 5.91. The van der Waals surface area contributed by atoms with Gasteiger partial charge in [-0.1, -0.05) is 29.8 Å². The topological polar surface area (TPSA) is 86.7 Å². The number of carboxylic acid groups (broad SMARTS) is 1. The van der Waals surface area contributed by atoms with Crippen LogP contribution in [0.3, 0.4) is 0 Å². The summed E-state index contributed by atoms with van der Waals surface area (Å²) in [6.45, 7) is 2.30. The number of imide groups is 1. The van der Waals surface area contributed by atoms with Crippen LogP contribution in [0.1, 0.15) is 11.1 Å². The van der Waals surface area contributed by atoms with Gasteiger partial charge in [-0.15, -0.1) is 0 Å². The molecule has 0 aliphatic rings. The number of amides is 3. The zero-order chi connectivity index (χ0) is 15.1. The second-order valence-electron chi connectivity index (χ2n) is 4.31. The average Bonchev–Trinajstić information content (AvgIpc) is 2.36. The number of carbonyl (C=O) groups is 3. The van der Waals surface area contributed by atoms with Crippen molar-refractivity contribution >= 4 is 17.9 Å². The first kappa shape index (κ1) is 15.4. The SMILES string of the molecule is Cc1cccc(CN(C)C(=O)NC(=O)C=CC(=O)O)c1. The maximum absolute atomic E-state index is 11.7. The zero-order valence-corrected chi connectivity index (χ0v) is 11.3. The number of hydrogen-bond donors (Lipinski definition) is 2. The van der Waals surface area contributed by atoms with Crippen molar-refractivity contribution in [3.63, 3.8) is 0 Å². The molecule has 106 valence electrons. The summed E-state index contributed by atoms with van der Waals surface area (Å²) in [4.78, 5) is 34.5. The van der Waals surface area contributed by atoms with Crippen molar-refractivity contribution in [1.82, 2.24) is 10.2 Å². The lowest BCUT2D eigenvalue weighted by atomic mass is 10.1. The lowest BCUT2D eigenvalue weighted by Gasteiger charge is -2.17. The molecule has 6 nitrogen and oxygen atoms in total. The monoisotopic (exact) mass is 276 g/mol. The Morgan fingerprint density at radius 3 is 2.60 bits per heavy atom. The fourth-order valence-electron chi connectivity index (χ4n) is 1.55. The largest absolute Gasteiger partial charge is 0.478 e. The summed E-state index contributed by atoms with van der Waals surface area (Å²) in [7, 11) is 1.55. The molecule has 0 heterocycles. The van der Waals surface area contributed by atoms with Gasteiger partial charge in [-0.05, 0) is 12.5 Å². The zero-order valence-electron chi connectivity index (χ0n) is 11.3. The number of nitrogens with zero attached hydrogens (tertiary/aromatic N) is 1. The van der Waals surface area contributed by atoms with Gasteiger partial charge in [0, 0.05) is 25.7 Å². The van der Waals surface area contributed by atoms with E-state index in [0.717, 1.165) is 17.2 Å². The molecule has 1 aromatic carbocycles. The Bertz CT molecular complexity index is 552. The lowest BCUT2D eigenvalue weighted by molar-refractivity contribution is -0.131. The number of carboxylic acids is 1. The van der Waals surface area contributed by atoms with E-state index in [-0.39, 0.29) is 0 Å². The highest BCUT2D eigenvalue weighted by Gasteiger charge is 2.11. The second-order valence-corrected chi connectivity index (χ2v) is 4.31. The van der Waals surface area contributed by atoms with E-state index in [2.05, 4.69) is 5.32 Å². The van der Waals surface area contributed by atoms with E-state index in [9.17, 15) is 14.4 Å². The van der Waals surface area contributed by atoms with E-state index in [0.29, 0.717) is 12.6 Å². The number of nitrogens with one attached hydrogen (secondary N) is 1. The van der Waals surface area contributed by atoms with E-state index in [1.54, 1.807) is 7.05 Å². The number of aliphatic carboxylic acids is 1. The predicted molar refractivity (Wildman–Crippen MR) is 73.0 cm³/mol. The van der Waals surface area contributed by atoms with Gasteiger partial charge in [0.15, 0.2) is 0 Å². The number of aryl methyl sites for hydroxylation is 1. The Morgan fingerprint density at radius 1 is 1.30 bits per heavy atom. The maximum atomic E-state index is 11.7. The molecule has 0 radical (unpaired) electrons. The second kappa shape index (κ2) is 7.08. The van der Waals surface area contributed by atoms with Gasteiger partial charge in [-0.25, -0.2) is 9.59 Å². The van der Waals surface area contributed by atoms with Crippen molar-refractivity contribution in [3.8, 4) is 0 Å². The number of urea groups is 1. The molecule has 0 aliphatic carbocycles. The molecule has 20 heavy (non-hydrogen) atoms. The molecule has 1 rings (SSSR count). The minimum absolute atomic E-state index is 0.351. The highest BCUT2D eigenvalue weighted by Crippen LogP contribution is 2.06. The van der Waals surface area contributed by atoms with E-state index in [4.69, 9.17) is 5.11 Å². The van der Waals surface area contributed by atoms with Crippen LogP contribution >= 0.6 is 0 Å². The number of hydrogen-bond acceptors (Lipinski definition) is 3. The van der Waals surface area contributed by atoms with Crippen molar-refractivity contribution in [1.29, 1.82) is 0 Å². The van der Waals surface area contributed by atoms with Crippen LogP contribution in [0.2, 0.25) is 0 Å². The van der Waals surface area contributed by atoms with Gasteiger partial charge in [0.25, 0.3) is 5.91 Å². The highest BCUT2D eigenvalue weighted by molar-refractivity contribution is 6.02. The number of rotatable bonds is 4. The van der Waals surface area contributed by atoms with Crippen LogP contribution in [0.15, 0.2) is 36.4 Å². The molecular weight excluding hydrogens is 260 g/mol. The normalized spacial score (nSPS) is 10.3. The minimum Gasteiger partial charge on any atom is -0.478 e. The molecule has 0 saturated carbocycles. The van der Waals surface area contributed by atoms with Gasteiger partial charge in [0.2, 0.25) is 0 Å². The first-order chi connectivity index (χ1) is 9.38. The van der Waals surface area contributed by atoms with Gasteiger partial charge in [0.1, 0.15) is 0 Å². The van der Waals surface area contributed by atoms with Gasteiger partial charge in [-0.2, -0.15) is 0 Å². The maximum Gasteiger partial charge on any atom is 0.328 e. The standard InChI is InChI=1S/C14H16N2O4/c1-10-4-3-5-11(8-10)9-16(2)14(20)15-12(17)6-7-13(18)19/h3-8H,9H2,1-2H3,(H,18,19)(H,15,17,20). The molecule has 0 fully saturated rings. The first-order valence-corrected chi connectivity index (χ1v) is 5.91. The fourth-order valence-corrected chi connectivity index (χ4v) is 1.55. The average molecular weight is 276 g/mol. The molecule has 0 bridgehead atoms. The molecule has 0 aromatic heterocycles. The molecule has 0 atom stereocenters. The van der Waals surface area contributed by atoms with Crippen molar-refractivity contribution in [3.05, 3.63) is 47.5 Å². The van der Waals surface area contributed by atoms with Crippen molar-refractivity contribution in [2.45, 2.75) is 13.5 Å². The molecule has 0 aliphatic heterocycles. The summed E-state index contributed by atoms with van der Waals surface area (Å²) in [6.07, 6.45) is 1.46. The molecule has 0 spiro atoms. The third-order valence-electron chi connectivity index (χ3n) is 2.46. The van der Waals surface area contributed by atoms with Crippen LogP contribution in [0, 0.1) is 6.92 Å². The van der Waals surface area contributed by atoms with Crippen LogP contribution < -0.4 is 5.32 Å². The molecule has 2 N–H and O–H groups in total. The summed E-state index contributed by atoms with van der Waals surface area (Å²) in [5.74, 6) is -2.02. The van der Waals surface area contributed by atoms with Gasteiger partial charge >= 0.3 is 12.0 Å². The summed E-state index contributed by atoms with van der Waals surface area (Å²) in [6, 6.07) is 7.06. The van der Waals surface area contributed by atoms with Crippen LogP contribution in [0.25, 0.3) is 0 Å². The van der Waals surface area contributed by atoms with E-state index in [1.807, 2.05) is 31.2 Å². The Kier molecular flexibility index (Phi) is 5.46. The molecule has 0 saturated heterocycles. The lowest BCUT2D eigenvalue weighted by Crippen LogP contribution is -2.39. The highest BCUT2D eigenvalue weighted by atomic mass is 16.4. The van der Waals surface area contributed by atoms with Gasteiger partial charge < -0.3 is 10.0 Å². The molecule has 3 amide bonds. The smallest absolute Gasteiger partial charge is 0.328 e. The fraction of sp³-hybridized carbons (Fsp3) is 0.214. The van der Waals surface area contributed by atoms with Crippen LogP contribution in [0.4, 0.5) is 4.79 Å². The third-order valence-corrected chi connectivity index (χ3v) is 2.46. The molecule has 1 aromatic rings. The Hall–Kier alpha value is -2.63. The number of carbonyl (C=O) groups excluding carboxylic acids is 2. The summed E-state index contributed by atoms with van der Waals surface area (Å²) < 4.78 is 0. The summed E-state index contributed by atoms with van der Waals surface area (Å²) in [5.41, 5.74) is 2.02. The van der Waals surface area contributed by atoms with Crippen LogP contribution in [-0.4, -0.2) is 35.0 Å². The van der Waals surface area contributed by atoms with Crippen molar-refractivity contribution in [2.24, 2.45) is 0 Å². The van der Waals surface area contributed by atoms with Gasteiger partial charge in [-0.3, -0.25) is 10.1 Å². The van der Waals surface area contributed by atoms with Crippen molar-refractivity contribution < 1.29 is 19.5 Å². The third kappa shape index (κ3) is 5.34. The van der Waals surface area contributed by atoms with E-state index >= 15 is 0 Å². The van der Waals surface area contributed by atoms with E-state index in [1.165, 1.54) is 4.90 Å². The Morgan fingerprint density at radius 2 is 2.00 bits per heavy atom. The number of benzene rings is 1. The Balaban J connectivity index is 2.55. The van der Waals surface area contributed by atoms with E-state index < -0.39 is 17.9 Å². The molecular formula is C14H16N2O4. The van der Waals surface area contributed by atoms with Gasteiger partial charge in [0.05, 0.1) is 0 Å². The minimum atomic E-state index is -1.25. The summed E-state index contributed by atoms with van der Waals surface area (Å²) >= 11 is 0. The van der Waals surface area contributed by atoms with Crippen LogP contribution in [0.5, 0.6) is 0 Å².